The minimum absolute atomic E-state index is 0.00399. The van der Waals surface area contributed by atoms with Gasteiger partial charge in [-0.3, -0.25) is 9.59 Å². The summed E-state index contributed by atoms with van der Waals surface area (Å²) < 4.78 is 32.9. The number of amides is 2. The van der Waals surface area contributed by atoms with Gasteiger partial charge < -0.3 is 19.9 Å². The summed E-state index contributed by atoms with van der Waals surface area (Å²) >= 11 is 0. The molecule has 0 spiro atoms. The molecule has 3 heterocycles. The first-order valence-electron chi connectivity index (χ1n) is 9.16. The lowest BCUT2D eigenvalue weighted by Crippen LogP contribution is -2.40. The molecule has 1 saturated heterocycles. The maximum absolute atomic E-state index is 12.9. The van der Waals surface area contributed by atoms with E-state index in [1.54, 1.807) is 40.3 Å². The largest absolute Gasteiger partial charge is 0.495 e. The second-order valence-electron chi connectivity index (χ2n) is 6.81. The molecular formula is C19H20N4O5S. The quantitative estimate of drug-likeness (QED) is 0.792. The van der Waals surface area contributed by atoms with E-state index in [0.717, 1.165) is 6.42 Å². The van der Waals surface area contributed by atoms with Gasteiger partial charge in [-0.1, -0.05) is 0 Å². The van der Waals surface area contributed by atoms with Crippen LogP contribution in [0.15, 0.2) is 46.5 Å². The van der Waals surface area contributed by atoms with Crippen molar-refractivity contribution in [3.63, 3.8) is 0 Å². The minimum Gasteiger partial charge on any atom is -0.495 e. The Hall–Kier alpha value is -3.14. The first kappa shape index (κ1) is 19.2. The molecule has 0 aromatic heterocycles. The van der Waals surface area contributed by atoms with E-state index in [-0.39, 0.29) is 29.6 Å². The lowest BCUT2D eigenvalue weighted by Gasteiger charge is -2.28. The summed E-state index contributed by atoms with van der Waals surface area (Å²) in [5.41, 5.74) is 1.21. The van der Waals surface area contributed by atoms with Crippen molar-refractivity contribution in [3.05, 3.63) is 42.1 Å². The fourth-order valence-electron chi connectivity index (χ4n) is 3.47. The summed E-state index contributed by atoms with van der Waals surface area (Å²) in [5.74, 6) is 0.0663. The Kier molecular flexibility index (Phi) is 4.87. The fraction of sp³-hybridized carbons (Fsp3) is 0.316. The Balaban J connectivity index is 1.62. The Morgan fingerprint density at radius 3 is 2.83 bits per heavy atom. The third-order valence-corrected chi connectivity index (χ3v) is 6.05. The Morgan fingerprint density at radius 2 is 2.10 bits per heavy atom. The molecule has 1 fully saturated rings. The van der Waals surface area contributed by atoms with Gasteiger partial charge in [0.1, 0.15) is 5.75 Å². The number of sulfonamides is 1. The Bertz CT molecular complexity index is 1070. The number of allylic oxidation sites excluding steroid dienone is 2. The molecular weight excluding hydrogens is 396 g/mol. The monoisotopic (exact) mass is 416 g/mol. The third-order valence-electron chi connectivity index (χ3n) is 4.90. The maximum atomic E-state index is 12.9. The standard InChI is InChI=1S/C19H20N4O5S/c1-28-16-7-6-13(12-15(16)23-9-3-5-17(23)24)20-19(25)14-4-2-8-22-10-11-29(26,27)21-18(14)22/h2,4,6-8,12H,3,5,9-11H2,1H3,(H,20,25). The van der Waals surface area contributed by atoms with Crippen LogP contribution in [0, 0.1) is 0 Å². The second-order valence-corrected chi connectivity index (χ2v) is 8.56. The highest BCUT2D eigenvalue weighted by Gasteiger charge is 2.30. The molecule has 4 rings (SSSR count). The van der Waals surface area contributed by atoms with E-state index >= 15 is 0 Å². The van der Waals surface area contributed by atoms with Gasteiger partial charge in [0.2, 0.25) is 5.91 Å². The van der Waals surface area contributed by atoms with Gasteiger partial charge >= 0.3 is 0 Å². The molecule has 3 aliphatic rings. The van der Waals surface area contributed by atoms with Crippen molar-refractivity contribution >= 4 is 39.0 Å². The Labute approximate surface area is 168 Å². The highest BCUT2D eigenvalue weighted by Crippen LogP contribution is 2.34. The maximum Gasteiger partial charge on any atom is 0.259 e. The third kappa shape index (κ3) is 3.75. The molecule has 2 amide bonds. The number of nitrogens with zero attached hydrogens (tertiary/aromatic N) is 3. The Morgan fingerprint density at radius 1 is 1.28 bits per heavy atom. The fourth-order valence-corrected chi connectivity index (χ4v) is 4.46. The number of nitrogens with one attached hydrogen (secondary N) is 1. The lowest BCUT2D eigenvalue weighted by molar-refractivity contribution is -0.117. The van der Waals surface area contributed by atoms with Crippen LogP contribution in [0.4, 0.5) is 11.4 Å². The number of methoxy groups -OCH3 is 1. The summed E-state index contributed by atoms with van der Waals surface area (Å²) in [4.78, 5) is 28.3. The van der Waals surface area contributed by atoms with E-state index in [2.05, 4.69) is 9.71 Å². The number of hydrogen-bond donors (Lipinski definition) is 1. The average Bonchev–Trinajstić information content (AvgIpc) is 3.12. The van der Waals surface area contributed by atoms with Gasteiger partial charge in [0, 0.05) is 31.4 Å². The molecule has 10 heteroatoms. The molecule has 0 radical (unpaired) electrons. The van der Waals surface area contributed by atoms with Gasteiger partial charge in [0.25, 0.3) is 15.9 Å². The van der Waals surface area contributed by atoms with Crippen molar-refractivity contribution in [2.45, 2.75) is 12.8 Å². The van der Waals surface area contributed by atoms with Crippen LogP contribution in [-0.2, 0) is 19.6 Å². The van der Waals surface area contributed by atoms with Gasteiger partial charge in [-0.15, -0.1) is 4.40 Å². The second kappa shape index (κ2) is 7.36. The molecule has 1 N–H and O–H groups in total. The molecule has 0 unspecified atom stereocenters. The van der Waals surface area contributed by atoms with E-state index in [9.17, 15) is 18.0 Å². The molecule has 152 valence electrons. The van der Waals surface area contributed by atoms with Gasteiger partial charge in [0.05, 0.1) is 24.1 Å². The zero-order valence-electron chi connectivity index (χ0n) is 15.8. The van der Waals surface area contributed by atoms with Crippen molar-refractivity contribution in [3.8, 4) is 5.75 Å². The number of ether oxygens (including phenoxy) is 1. The number of hydrogen-bond acceptors (Lipinski definition) is 6. The van der Waals surface area contributed by atoms with E-state index in [1.807, 2.05) is 0 Å². The van der Waals surface area contributed by atoms with Crippen LogP contribution in [0.5, 0.6) is 5.75 Å². The van der Waals surface area contributed by atoms with Gasteiger partial charge in [-0.2, -0.15) is 0 Å². The van der Waals surface area contributed by atoms with E-state index in [0.29, 0.717) is 30.1 Å². The molecule has 0 atom stereocenters. The summed E-state index contributed by atoms with van der Waals surface area (Å²) in [6.07, 6.45) is 6.13. The van der Waals surface area contributed by atoms with Crippen molar-refractivity contribution in [1.29, 1.82) is 0 Å². The number of rotatable bonds is 4. The summed E-state index contributed by atoms with van der Waals surface area (Å²) in [6, 6.07) is 5.02. The van der Waals surface area contributed by atoms with Gasteiger partial charge in [-0.25, -0.2) is 8.42 Å². The van der Waals surface area contributed by atoms with Gasteiger partial charge in [-0.05, 0) is 36.8 Å². The van der Waals surface area contributed by atoms with Crippen LogP contribution < -0.4 is 15.0 Å². The molecule has 0 bridgehead atoms. The predicted molar refractivity (Wildman–Crippen MR) is 108 cm³/mol. The number of benzene rings is 1. The van der Waals surface area contributed by atoms with Crippen LogP contribution in [0.1, 0.15) is 12.8 Å². The first-order chi connectivity index (χ1) is 13.9. The number of amidine groups is 1. The number of carbonyl (C=O) groups excluding carboxylic acids is 2. The SMILES string of the molecule is COc1ccc(NC(=O)C2=CC=CN3CCS(=O)(=O)N=C23)cc1N1CCCC1=O. The van der Waals surface area contributed by atoms with Crippen LogP contribution in [-0.4, -0.2) is 56.9 Å². The van der Waals surface area contributed by atoms with Crippen molar-refractivity contribution in [2.24, 2.45) is 4.40 Å². The average molecular weight is 416 g/mol. The molecule has 0 aliphatic carbocycles. The van der Waals surface area contributed by atoms with Crippen LogP contribution in [0.25, 0.3) is 0 Å². The van der Waals surface area contributed by atoms with E-state index in [1.165, 1.54) is 13.2 Å². The molecule has 3 aliphatic heterocycles. The topological polar surface area (TPSA) is 108 Å². The summed E-state index contributed by atoms with van der Waals surface area (Å²) in [5, 5.41) is 2.77. The molecule has 1 aromatic rings. The molecule has 1 aromatic carbocycles. The van der Waals surface area contributed by atoms with Crippen LogP contribution in [0.2, 0.25) is 0 Å². The molecule has 29 heavy (non-hydrogen) atoms. The smallest absolute Gasteiger partial charge is 0.259 e. The zero-order chi connectivity index (χ0) is 20.6. The normalized spacial score (nSPS) is 20.1. The minimum atomic E-state index is -3.59. The molecule has 9 nitrogen and oxygen atoms in total. The van der Waals surface area contributed by atoms with Crippen molar-refractivity contribution in [2.75, 3.05) is 36.2 Å². The van der Waals surface area contributed by atoms with Crippen molar-refractivity contribution < 1.29 is 22.7 Å². The molecule has 0 saturated carbocycles. The predicted octanol–water partition coefficient (Wildman–Crippen LogP) is 1.26. The van der Waals surface area contributed by atoms with Crippen LogP contribution >= 0.6 is 0 Å². The number of anilines is 2. The summed E-state index contributed by atoms with van der Waals surface area (Å²) in [6.45, 7) is 0.832. The van der Waals surface area contributed by atoms with Crippen molar-refractivity contribution in [1.82, 2.24) is 4.90 Å². The van der Waals surface area contributed by atoms with Gasteiger partial charge in [0.15, 0.2) is 5.84 Å². The van der Waals surface area contributed by atoms with E-state index < -0.39 is 15.9 Å². The van der Waals surface area contributed by atoms with Crippen LogP contribution in [0.3, 0.4) is 0 Å². The zero-order valence-corrected chi connectivity index (χ0v) is 16.6. The lowest BCUT2D eigenvalue weighted by atomic mass is 10.1. The number of fused-ring (bicyclic) bond motifs is 1. The van der Waals surface area contributed by atoms with E-state index in [4.69, 9.17) is 4.74 Å². The highest BCUT2D eigenvalue weighted by atomic mass is 32.2. The number of carbonyl (C=O) groups is 2. The highest BCUT2D eigenvalue weighted by molar-refractivity contribution is 7.90. The summed E-state index contributed by atoms with van der Waals surface area (Å²) in [7, 11) is -2.07. The first-order valence-corrected chi connectivity index (χ1v) is 10.8.